The van der Waals surface area contributed by atoms with Crippen molar-refractivity contribution in [1.82, 2.24) is 14.9 Å². The largest absolute Gasteiger partial charge is 0.299 e. The van der Waals surface area contributed by atoms with Crippen molar-refractivity contribution in [3.8, 4) is 6.07 Å². The van der Waals surface area contributed by atoms with Gasteiger partial charge in [0.1, 0.15) is 5.82 Å². The second-order valence-corrected chi connectivity index (χ2v) is 7.43. The first-order chi connectivity index (χ1) is 13.2. The van der Waals surface area contributed by atoms with Crippen LogP contribution in [-0.2, 0) is 13.0 Å². The number of aromatic nitrogens is 2. The lowest BCUT2D eigenvalue weighted by Gasteiger charge is -2.32. The summed E-state index contributed by atoms with van der Waals surface area (Å²) in [6, 6.07) is 18.6. The normalized spacial score (nSPS) is 15.7. The van der Waals surface area contributed by atoms with Crippen LogP contribution in [0.5, 0.6) is 0 Å². The minimum absolute atomic E-state index is 0.658. The number of benzene rings is 2. The Kier molecular flexibility index (Phi) is 5.13. The van der Waals surface area contributed by atoms with Gasteiger partial charge in [0, 0.05) is 11.9 Å². The van der Waals surface area contributed by atoms with Gasteiger partial charge in [-0.25, -0.2) is 9.97 Å². The van der Waals surface area contributed by atoms with E-state index in [2.05, 4.69) is 40.2 Å². The van der Waals surface area contributed by atoms with Crippen molar-refractivity contribution in [2.24, 2.45) is 5.92 Å². The Labute approximate surface area is 160 Å². The number of likely N-dealkylation sites (tertiary alicyclic amines) is 1. The molecule has 2 heterocycles. The lowest BCUT2D eigenvalue weighted by atomic mass is 9.90. The SMILES string of the molecule is Cc1nc(CC2CCN(Cc3ccccc3C#N)CC2)c2ccccc2n1. The fourth-order valence-electron chi connectivity index (χ4n) is 4.06. The summed E-state index contributed by atoms with van der Waals surface area (Å²) in [6.45, 7) is 5.00. The molecule has 1 aromatic heterocycles. The first kappa shape index (κ1) is 17.6. The molecule has 4 rings (SSSR count). The van der Waals surface area contributed by atoms with Crippen molar-refractivity contribution >= 4 is 10.9 Å². The summed E-state index contributed by atoms with van der Waals surface area (Å²) in [7, 11) is 0. The summed E-state index contributed by atoms with van der Waals surface area (Å²) >= 11 is 0. The molecule has 0 amide bonds. The topological polar surface area (TPSA) is 52.8 Å². The van der Waals surface area contributed by atoms with Crippen LogP contribution in [0.3, 0.4) is 0 Å². The third-order valence-electron chi connectivity index (χ3n) is 5.51. The van der Waals surface area contributed by atoms with Gasteiger partial charge in [-0.15, -0.1) is 0 Å². The number of nitrogens with zero attached hydrogens (tertiary/aromatic N) is 4. The van der Waals surface area contributed by atoms with Crippen molar-refractivity contribution in [2.45, 2.75) is 32.7 Å². The lowest BCUT2D eigenvalue weighted by molar-refractivity contribution is 0.176. The zero-order valence-electron chi connectivity index (χ0n) is 15.7. The molecule has 0 N–H and O–H groups in total. The molecule has 0 radical (unpaired) electrons. The van der Waals surface area contributed by atoms with Crippen LogP contribution in [0.15, 0.2) is 48.5 Å². The Hall–Kier alpha value is -2.77. The van der Waals surface area contributed by atoms with Gasteiger partial charge in [-0.1, -0.05) is 36.4 Å². The highest BCUT2D eigenvalue weighted by Gasteiger charge is 2.21. The minimum Gasteiger partial charge on any atom is -0.299 e. The summed E-state index contributed by atoms with van der Waals surface area (Å²) in [5, 5.41) is 10.5. The van der Waals surface area contributed by atoms with E-state index in [0.29, 0.717) is 5.92 Å². The predicted molar refractivity (Wildman–Crippen MR) is 107 cm³/mol. The number of hydrogen-bond acceptors (Lipinski definition) is 4. The average Bonchev–Trinajstić information content (AvgIpc) is 2.70. The Bertz CT molecular complexity index is 981. The average molecular weight is 356 g/mol. The summed E-state index contributed by atoms with van der Waals surface area (Å²) in [6.07, 6.45) is 3.37. The maximum atomic E-state index is 9.28. The number of rotatable bonds is 4. The van der Waals surface area contributed by atoms with E-state index in [-0.39, 0.29) is 0 Å². The zero-order valence-corrected chi connectivity index (χ0v) is 15.7. The van der Waals surface area contributed by atoms with Crippen LogP contribution < -0.4 is 0 Å². The van der Waals surface area contributed by atoms with E-state index >= 15 is 0 Å². The molecule has 1 saturated heterocycles. The van der Waals surface area contributed by atoms with Crippen LogP contribution in [-0.4, -0.2) is 28.0 Å². The maximum Gasteiger partial charge on any atom is 0.126 e. The molecule has 27 heavy (non-hydrogen) atoms. The number of aryl methyl sites for hydroxylation is 1. The third-order valence-corrected chi connectivity index (χ3v) is 5.51. The first-order valence-corrected chi connectivity index (χ1v) is 9.65. The summed E-state index contributed by atoms with van der Waals surface area (Å²) in [4.78, 5) is 11.8. The third kappa shape index (κ3) is 3.99. The molecular weight excluding hydrogens is 332 g/mol. The van der Waals surface area contributed by atoms with Crippen molar-refractivity contribution in [2.75, 3.05) is 13.1 Å². The number of para-hydroxylation sites is 1. The Morgan fingerprint density at radius 2 is 1.78 bits per heavy atom. The van der Waals surface area contributed by atoms with Gasteiger partial charge in [0.25, 0.3) is 0 Å². The van der Waals surface area contributed by atoms with Crippen LogP contribution >= 0.6 is 0 Å². The van der Waals surface area contributed by atoms with Gasteiger partial charge in [-0.05, 0) is 62.9 Å². The molecule has 136 valence electrons. The van der Waals surface area contributed by atoms with Crippen molar-refractivity contribution in [1.29, 1.82) is 5.26 Å². The van der Waals surface area contributed by atoms with Gasteiger partial charge in [0.05, 0.1) is 22.8 Å². The molecule has 4 heteroatoms. The van der Waals surface area contributed by atoms with E-state index in [1.807, 2.05) is 31.2 Å². The molecule has 1 fully saturated rings. The molecule has 3 aromatic rings. The van der Waals surface area contributed by atoms with Gasteiger partial charge in [-0.3, -0.25) is 4.90 Å². The second kappa shape index (κ2) is 7.85. The highest BCUT2D eigenvalue weighted by atomic mass is 15.1. The van der Waals surface area contributed by atoms with Crippen molar-refractivity contribution in [3.05, 3.63) is 71.2 Å². The lowest BCUT2D eigenvalue weighted by Crippen LogP contribution is -2.34. The molecule has 0 aliphatic carbocycles. The van der Waals surface area contributed by atoms with Gasteiger partial charge >= 0.3 is 0 Å². The fourth-order valence-corrected chi connectivity index (χ4v) is 4.06. The number of piperidine rings is 1. The van der Waals surface area contributed by atoms with E-state index in [9.17, 15) is 5.26 Å². The Balaban J connectivity index is 1.41. The fraction of sp³-hybridized carbons (Fsp3) is 0.348. The highest BCUT2D eigenvalue weighted by Crippen LogP contribution is 2.26. The maximum absolute atomic E-state index is 9.28. The number of fused-ring (bicyclic) bond motifs is 1. The van der Waals surface area contributed by atoms with Crippen LogP contribution in [0.1, 0.15) is 35.5 Å². The number of hydrogen-bond donors (Lipinski definition) is 0. The van der Waals surface area contributed by atoms with E-state index in [1.165, 1.54) is 23.9 Å². The minimum atomic E-state index is 0.658. The van der Waals surface area contributed by atoms with Crippen LogP contribution in [0.4, 0.5) is 0 Å². The van der Waals surface area contributed by atoms with Gasteiger partial charge in [0.15, 0.2) is 0 Å². The van der Waals surface area contributed by atoms with Crippen molar-refractivity contribution < 1.29 is 0 Å². The standard InChI is InChI=1S/C23H24N4/c1-17-25-22-9-5-4-8-21(22)23(26-17)14-18-10-12-27(13-11-18)16-20-7-3-2-6-19(20)15-24/h2-9,18H,10-14,16H2,1H3. The summed E-state index contributed by atoms with van der Waals surface area (Å²) in [5.74, 6) is 1.51. The van der Waals surface area contributed by atoms with E-state index in [4.69, 9.17) is 4.98 Å². The van der Waals surface area contributed by atoms with Crippen molar-refractivity contribution in [3.63, 3.8) is 0 Å². The van der Waals surface area contributed by atoms with Gasteiger partial charge in [0.2, 0.25) is 0 Å². The molecule has 0 atom stereocenters. The van der Waals surface area contributed by atoms with Crippen LogP contribution in [0.2, 0.25) is 0 Å². The van der Waals surface area contributed by atoms with Gasteiger partial charge < -0.3 is 0 Å². The molecule has 2 aromatic carbocycles. The highest BCUT2D eigenvalue weighted by molar-refractivity contribution is 5.80. The molecule has 1 aliphatic rings. The molecule has 1 aliphatic heterocycles. The second-order valence-electron chi connectivity index (χ2n) is 7.43. The Morgan fingerprint density at radius 3 is 2.59 bits per heavy atom. The molecule has 0 spiro atoms. The van der Waals surface area contributed by atoms with Crippen LogP contribution in [0.25, 0.3) is 10.9 Å². The monoisotopic (exact) mass is 356 g/mol. The molecule has 4 nitrogen and oxygen atoms in total. The summed E-state index contributed by atoms with van der Waals surface area (Å²) in [5.41, 5.74) is 4.16. The Morgan fingerprint density at radius 1 is 1.04 bits per heavy atom. The number of nitriles is 1. The molecule has 0 saturated carbocycles. The van der Waals surface area contributed by atoms with E-state index in [1.54, 1.807) is 0 Å². The van der Waals surface area contributed by atoms with Crippen LogP contribution in [0, 0.1) is 24.2 Å². The molecule has 0 unspecified atom stereocenters. The smallest absolute Gasteiger partial charge is 0.126 e. The molecule has 0 bridgehead atoms. The van der Waals surface area contributed by atoms with E-state index in [0.717, 1.165) is 48.5 Å². The zero-order chi connectivity index (χ0) is 18.6. The van der Waals surface area contributed by atoms with E-state index < -0.39 is 0 Å². The quantitative estimate of drug-likeness (QED) is 0.701. The first-order valence-electron chi connectivity index (χ1n) is 9.65. The van der Waals surface area contributed by atoms with Gasteiger partial charge in [-0.2, -0.15) is 5.26 Å². The summed E-state index contributed by atoms with van der Waals surface area (Å²) < 4.78 is 0. The molecular formula is C23H24N4. The predicted octanol–water partition coefficient (Wildman–Crippen LogP) is 4.26.